The van der Waals surface area contributed by atoms with Crippen molar-refractivity contribution in [1.82, 2.24) is 14.8 Å². The first-order valence-electron chi connectivity index (χ1n) is 8.63. The van der Waals surface area contributed by atoms with Gasteiger partial charge in [-0.15, -0.1) is 0 Å². The van der Waals surface area contributed by atoms with Crippen LogP contribution in [0.1, 0.15) is 18.9 Å². The molecule has 1 aliphatic carbocycles. The second-order valence-electron chi connectivity index (χ2n) is 7.37. The van der Waals surface area contributed by atoms with Gasteiger partial charge in [0.1, 0.15) is 12.7 Å². The van der Waals surface area contributed by atoms with Crippen LogP contribution in [0.25, 0.3) is 0 Å². The average molecular weight is 432 g/mol. The summed E-state index contributed by atoms with van der Waals surface area (Å²) in [7, 11) is -4.78. The van der Waals surface area contributed by atoms with Gasteiger partial charge < -0.3 is 10.2 Å². The van der Waals surface area contributed by atoms with Crippen molar-refractivity contribution in [1.29, 1.82) is 0 Å². The minimum absolute atomic E-state index is 0.0341. The summed E-state index contributed by atoms with van der Waals surface area (Å²) in [5, 5.41) is 26.4. The van der Waals surface area contributed by atoms with Crippen LogP contribution >= 0.6 is 11.6 Å². The van der Waals surface area contributed by atoms with Crippen molar-refractivity contribution in [3.05, 3.63) is 47.5 Å². The van der Waals surface area contributed by atoms with Gasteiger partial charge in [-0.3, -0.25) is 9.23 Å². The van der Waals surface area contributed by atoms with Gasteiger partial charge in [-0.05, 0) is 36.5 Å². The molecule has 0 bridgehead atoms. The average Bonchev–Trinajstić information content (AvgIpc) is 3.18. The smallest absolute Gasteiger partial charge is 0.396 e. The van der Waals surface area contributed by atoms with Crippen molar-refractivity contribution in [2.24, 2.45) is 11.3 Å². The summed E-state index contributed by atoms with van der Waals surface area (Å²) in [5.74, 6) is -0.498. The van der Waals surface area contributed by atoms with Gasteiger partial charge in [0.2, 0.25) is 0 Å². The SMILES string of the molecule is C[C@@]1(CO)[C@H](OS(=O)(=O)O)C[C@H](Cc2ccc(Cl)cc2)[C@]1(O)Cn1cncn1. The number of aromatic nitrogens is 3. The van der Waals surface area contributed by atoms with Gasteiger partial charge in [-0.25, -0.2) is 9.17 Å². The quantitative estimate of drug-likeness (QED) is 0.555. The molecule has 0 unspecified atom stereocenters. The number of halogens is 1. The Kier molecular flexibility index (Phi) is 5.81. The third kappa shape index (κ3) is 4.07. The molecule has 154 valence electrons. The lowest BCUT2D eigenvalue weighted by atomic mass is 9.71. The van der Waals surface area contributed by atoms with Crippen molar-refractivity contribution in [3.63, 3.8) is 0 Å². The molecule has 1 aromatic heterocycles. The molecule has 1 aliphatic rings. The minimum Gasteiger partial charge on any atom is -0.396 e. The normalized spacial score (nSPS) is 30.6. The van der Waals surface area contributed by atoms with Crippen LogP contribution in [0.3, 0.4) is 0 Å². The van der Waals surface area contributed by atoms with E-state index in [-0.39, 0.29) is 13.0 Å². The third-order valence-electron chi connectivity index (χ3n) is 5.70. The van der Waals surface area contributed by atoms with Crippen LogP contribution in [0.2, 0.25) is 5.02 Å². The Hall–Kier alpha value is -1.56. The largest absolute Gasteiger partial charge is 0.397 e. The summed E-state index contributed by atoms with van der Waals surface area (Å²) in [4.78, 5) is 3.86. The first-order valence-corrected chi connectivity index (χ1v) is 10.4. The Morgan fingerprint density at radius 1 is 1.36 bits per heavy atom. The van der Waals surface area contributed by atoms with E-state index in [0.29, 0.717) is 11.4 Å². The van der Waals surface area contributed by atoms with E-state index in [1.54, 1.807) is 12.1 Å². The fourth-order valence-electron chi connectivity index (χ4n) is 4.02. The molecule has 11 heteroatoms. The first kappa shape index (κ1) is 21.2. The van der Waals surface area contributed by atoms with Crippen LogP contribution in [-0.4, -0.2) is 56.3 Å². The van der Waals surface area contributed by atoms with Gasteiger partial charge in [-0.1, -0.05) is 30.7 Å². The molecule has 1 heterocycles. The first-order chi connectivity index (χ1) is 13.1. The van der Waals surface area contributed by atoms with E-state index in [1.165, 1.54) is 24.3 Å². The fraction of sp³-hybridized carbons (Fsp3) is 0.529. The van der Waals surface area contributed by atoms with Gasteiger partial charge in [0.05, 0.1) is 24.9 Å². The van der Waals surface area contributed by atoms with Crippen LogP contribution in [0.15, 0.2) is 36.9 Å². The predicted octanol–water partition coefficient (Wildman–Crippen LogP) is 1.11. The molecule has 3 rings (SSSR count). The molecule has 9 nitrogen and oxygen atoms in total. The van der Waals surface area contributed by atoms with Crippen molar-refractivity contribution in [2.75, 3.05) is 6.61 Å². The summed E-state index contributed by atoms with van der Waals surface area (Å²) in [6.07, 6.45) is 2.09. The molecule has 28 heavy (non-hydrogen) atoms. The number of aliphatic hydroxyl groups is 2. The molecule has 0 aliphatic heterocycles. The summed E-state index contributed by atoms with van der Waals surface area (Å²) in [6, 6.07) is 7.07. The molecular weight excluding hydrogens is 410 g/mol. The van der Waals surface area contributed by atoms with E-state index in [2.05, 4.69) is 10.1 Å². The number of benzene rings is 1. The molecule has 1 fully saturated rings. The molecule has 0 amide bonds. The van der Waals surface area contributed by atoms with E-state index in [1.807, 2.05) is 12.1 Å². The number of nitrogens with zero attached hydrogens (tertiary/aromatic N) is 3. The lowest BCUT2D eigenvalue weighted by molar-refractivity contribution is -0.138. The number of hydrogen-bond donors (Lipinski definition) is 3. The Balaban J connectivity index is 1.99. The molecule has 1 aromatic carbocycles. The Bertz CT molecular complexity index is 907. The highest BCUT2D eigenvalue weighted by atomic mass is 35.5. The van der Waals surface area contributed by atoms with E-state index < -0.39 is 40.0 Å². The second-order valence-corrected chi connectivity index (χ2v) is 8.85. The third-order valence-corrected chi connectivity index (χ3v) is 6.43. The molecule has 0 spiro atoms. The maximum atomic E-state index is 11.7. The van der Waals surface area contributed by atoms with E-state index in [4.69, 9.17) is 15.8 Å². The fourth-order valence-corrected chi connectivity index (χ4v) is 4.73. The maximum absolute atomic E-state index is 11.7. The van der Waals surface area contributed by atoms with Crippen LogP contribution in [0.4, 0.5) is 0 Å². The summed E-state index contributed by atoms with van der Waals surface area (Å²) in [5.41, 5.74) is -2.10. The van der Waals surface area contributed by atoms with Crippen LogP contribution in [0.5, 0.6) is 0 Å². The Labute approximate surface area is 167 Å². The molecule has 3 N–H and O–H groups in total. The van der Waals surface area contributed by atoms with Crippen LogP contribution < -0.4 is 0 Å². The van der Waals surface area contributed by atoms with Crippen molar-refractivity contribution in [2.45, 2.75) is 38.0 Å². The maximum Gasteiger partial charge on any atom is 0.397 e. The van der Waals surface area contributed by atoms with E-state index >= 15 is 0 Å². The van der Waals surface area contributed by atoms with Gasteiger partial charge in [0, 0.05) is 10.4 Å². The number of hydrogen-bond acceptors (Lipinski definition) is 7. The molecule has 2 aromatic rings. The van der Waals surface area contributed by atoms with Crippen LogP contribution in [0, 0.1) is 11.3 Å². The van der Waals surface area contributed by atoms with Gasteiger partial charge in [0.25, 0.3) is 0 Å². The molecule has 0 saturated heterocycles. The van der Waals surface area contributed by atoms with Gasteiger partial charge >= 0.3 is 10.4 Å². The van der Waals surface area contributed by atoms with E-state index in [0.717, 1.165) is 5.56 Å². The summed E-state index contributed by atoms with van der Waals surface area (Å²) >= 11 is 5.93. The summed E-state index contributed by atoms with van der Waals surface area (Å²) < 4.78 is 38.1. The van der Waals surface area contributed by atoms with E-state index in [9.17, 15) is 23.2 Å². The van der Waals surface area contributed by atoms with Crippen LogP contribution in [-0.2, 0) is 27.5 Å². The molecule has 0 radical (unpaired) electrons. The zero-order chi connectivity index (χ0) is 20.6. The summed E-state index contributed by atoms with van der Waals surface area (Å²) in [6.45, 7) is 0.935. The minimum atomic E-state index is -4.78. The second kappa shape index (κ2) is 7.69. The number of aliphatic hydroxyl groups excluding tert-OH is 1. The number of rotatable bonds is 7. The van der Waals surface area contributed by atoms with Crippen molar-refractivity contribution >= 4 is 22.0 Å². The monoisotopic (exact) mass is 431 g/mol. The zero-order valence-electron chi connectivity index (χ0n) is 15.1. The lowest BCUT2D eigenvalue weighted by Crippen LogP contribution is -2.55. The highest BCUT2D eigenvalue weighted by Crippen LogP contribution is 2.53. The molecular formula is C17H22ClN3O6S. The molecule has 4 atom stereocenters. The topological polar surface area (TPSA) is 135 Å². The Morgan fingerprint density at radius 2 is 2.04 bits per heavy atom. The standard InChI is InChI=1S/C17H22ClN3O6S/c1-16(9-22)15(27-28(24,25)26)7-13(6-12-2-4-14(18)5-3-12)17(16,23)8-21-11-19-10-20-21/h2-5,10-11,13,15,22-23H,6-9H2,1H3,(H,24,25,26)/t13-,15+,16+,17+/m0/s1. The highest BCUT2D eigenvalue weighted by molar-refractivity contribution is 7.80. The highest BCUT2D eigenvalue weighted by Gasteiger charge is 2.63. The van der Waals surface area contributed by atoms with Gasteiger partial charge in [0.15, 0.2) is 0 Å². The zero-order valence-corrected chi connectivity index (χ0v) is 16.7. The lowest BCUT2D eigenvalue weighted by Gasteiger charge is -2.43. The molecule has 1 saturated carbocycles. The predicted molar refractivity (Wildman–Crippen MR) is 99.8 cm³/mol. The van der Waals surface area contributed by atoms with Crippen molar-refractivity contribution in [3.8, 4) is 0 Å². The Morgan fingerprint density at radius 3 is 2.57 bits per heavy atom. The van der Waals surface area contributed by atoms with Gasteiger partial charge in [-0.2, -0.15) is 13.5 Å². The van der Waals surface area contributed by atoms with Crippen molar-refractivity contribution < 1.29 is 27.4 Å².